The first kappa shape index (κ1) is 10.8. The number of aliphatic carboxylic acids is 1. The second-order valence-corrected chi connectivity index (χ2v) is 2.43. The number of carboxylic acid groups (broad SMARTS) is 1. The minimum absolute atomic E-state index is 0.374. The first-order valence-corrected chi connectivity index (χ1v) is 3.91. The maximum Gasteiger partial charge on any atom is 0.333 e. The molecule has 0 radical (unpaired) electrons. The van der Waals surface area contributed by atoms with E-state index in [0.29, 0.717) is 18.5 Å². The van der Waals surface area contributed by atoms with Gasteiger partial charge in [0.15, 0.2) is 0 Å². The summed E-state index contributed by atoms with van der Waals surface area (Å²) in [5.41, 5.74) is 1.14. The summed E-state index contributed by atoms with van der Waals surface area (Å²) in [6.45, 7) is 7.65. The molecule has 0 unspecified atom stereocenters. The summed E-state index contributed by atoms with van der Waals surface area (Å²) in [5, 5.41) is 11.6. The molecule has 0 saturated heterocycles. The van der Waals surface area contributed by atoms with Crippen LogP contribution in [0.2, 0.25) is 0 Å². The van der Waals surface area contributed by atoms with Gasteiger partial charge in [0.05, 0.1) is 5.57 Å². The van der Waals surface area contributed by atoms with E-state index in [1.54, 1.807) is 13.0 Å². The zero-order valence-electron chi connectivity index (χ0n) is 7.55. The molecule has 0 spiro atoms. The number of hydrogen-bond acceptors (Lipinski definition) is 2. The van der Waals surface area contributed by atoms with Crippen LogP contribution in [-0.4, -0.2) is 17.6 Å². The minimum Gasteiger partial charge on any atom is -0.478 e. The molecule has 0 aromatic carbocycles. The third-order valence-corrected chi connectivity index (χ3v) is 1.59. The van der Waals surface area contributed by atoms with Crippen LogP contribution in [0.4, 0.5) is 0 Å². The standard InChI is InChI=1S/C9H15NO2/c1-4-6-10-8(5-2)7(3)9(11)12/h4,10H,1,5-6H2,2-3H3,(H,11,12). The molecular formula is C9H15NO2. The number of rotatable bonds is 5. The van der Waals surface area contributed by atoms with Crippen molar-refractivity contribution >= 4 is 5.97 Å². The SMILES string of the molecule is C=CCNC(CC)=C(C)C(=O)O. The quantitative estimate of drug-likeness (QED) is 0.484. The molecule has 0 aromatic rings. The van der Waals surface area contributed by atoms with E-state index in [0.717, 1.165) is 5.70 Å². The minimum atomic E-state index is -0.872. The first-order valence-electron chi connectivity index (χ1n) is 3.91. The van der Waals surface area contributed by atoms with E-state index >= 15 is 0 Å². The fourth-order valence-corrected chi connectivity index (χ4v) is 0.847. The molecular weight excluding hydrogens is 154 g/mol. The maximum absolute atomic E-state index is 10.5. The van der Waals surface area contributed by atoms with Crippen molar-refractivity contribution in [1.82, 2.24) is 5.32 Å². The summed E-state index contributed by atoms with van der Waals surface area (Å²) < 4.78 is 0. The lowest BCUT2D eigenvalue weighted by atomic mass is 10.2. The lowest BCUT2D eigenvalue weighted by molar-refractivity contribution is -0.132. The summed E-state index contributed by atoms with van der Waals surface area (Å²) in [6, 6.07) is 0. The molecule has 2 N–H and O–H groups in total. The highest BCUT2D eigenvalue weighted by Crippen LogP contribution is 2.04. The monoisotopic (exact) mass is 169 g/mol. The van der Waals surface area contributed by atoms with E-state index in [2.05, 4.69) is 11.9 Å². The van der Waals surface area contributed by atoms with Gasteiger partial charge in [0.1, 0.15) is 0 Å². The Hall–Kier alpha value is -1.25. The van der Waals surface area contributed by atoms with E-state index < -0.39 is 5.97 Å². The van der Waals surface area contributed by atoms with Crippen molar-refractivity contribution in [3.63, 3.8) is 0 Å². The second kappa shape index (κ2) is 5.41. The zero-order chi connectivity index (χ0) is 9.56. The average molecular weight is 169 g/mol. The molecule has 12 heavy (non-hydrogen) atoms. The normalized spacial score (nSPS) is 11.8. The van der Waals surface area contributed by atoms with Crippen LogP contribution in [0.25, 0.3) is 0 Å². The summed E-state index contributed by atoms with van der Waals surface area (Å²) >= 11 is 0. The summed E-state index contributed by atoms with van der Waals surface area (Å²) in [4.78, 5) is 10.5. The molecule has 0 aliphatic rings. The van der Waals surface area contributed by atoms with Gasteiger partial charge in [0.2, 0.25) is 0 Å². The molecule has 0 rings (SSSR count). The Kier molecular flexibility index (Phi) is 4.84. The van der Waals surface area contributed by atoms with E-state index in [9.17, 15) is 4.79 Å². The number of carboxylic acids is 1. The van der Waals surface area contributed by atoms with Crippen molar-refractivity contribution in [2.24, 2.45) is 0 Å². The molecule has 68 valence electrons. The van der Waals surface area contributed by atoms with Crippen molar-refractivity contribution in [2.45, 2.75) is 20.3 Å². The molecule has 3 nitrogen and oxygen atoms in total. The van der Waals surface area contributed by atoms with Crippen LogP contribution in [0.5, 0.6) is 0 Å². The lowest BCUT2D eigenvalue weighted by Crippen LogP contribution is -2.16. The predicted octanol–water partition coefficient (Wildman–Crippen LogP) is 1.53. The van der Waals surface area contributed by atoms with Gasteiger partial charge in [0.25, 0.3) is 0 Å². The Labute approximate surface area is 72.8 Å². The summed E-state index contributed by atoms with van der Waals surface area (Å²) in [7, 11) is 0. The molecule has 0 fully saturated rings. The number of allylic oxidation sites excluding steroid dienone is 1. The van der Waals surface area contributed by atoms with E-state index in [-0.39, 0.29) is 0 Å². The molecule has 3 heteroatoms. The average Bonchev–Trinajstić information content (AvgIpc) is 2.05. The Morgan fingerprint density at radius 1 is 1.67 bits per heavy atom. The Balaban J connectivity index is 4.38. The molecule has 0 heterocycles. The van der Waals surface area contributed by atoms with Crippen LogP contribution in [0.15, 0.2) is 23.9 Å². The van der Waals surface area contributed by atoms with Crippen molar-refractivity contribution in [1.29, 1.82) is 0 Å². The van der Waals surface area contributed by atoms with Gasteiger partial charge in [-0.25, -0.2) is 4.79 Å². The fourth-order valence-electron chi connectivity index (χ4n) is 0.847. The zero-order valence-corrected chi connectivity index (χ0v) is 7.55. The van der Waals surface area contributed by atoms with Gasteiger partial charge in [-0.2, -0.15) is 0 Å². The molecule has 0 amide bonds. The van der Waals surface area contributed by atoms with Crippen LogP contribution < -0.4 is 5.32 Å². The van der Waals surface area contributed by atoms with Gasteiger partial charge in [-0.05, 0) is 13.3 Å². The Morgan fingerprint density at radius 2 is 2.25 bits per heavy atom. The number of hydrogen-bond donors (Lipinski definition) is 2. The third kappa shape index (κ3) is 3.23. The molecule has 0 saturated carbocycles. The molecule has 0 aromatic heterocycles. The highest BCUT2D eigenvalue weighted by atomic mass is 16.4. The highest BCUT2D eigenvalue weighted by molar-refractivity contribution is 5.86. The van der Waals surface area contributed by atoms with E-state index in [1.165, 1.54) is 0 Å². The van der Waals surface area contributed by atoms with Gasteiger partial charge in [-0.1, -0.05) is 13.0 Å². The van der Waals surface area contributed by atoms with Gasteiger partial charge in [-0.15, -0.1) is 6.58 Å². The predicted molar refractivity (Wildman–Crippen MR) is 48.8 cm³/mol. The van der Waals surface area contributed by atoms with Crippen LogP contribution in [-0.2, 0) is 4.79 Å². The maximum atomic E-state index is 10.5. The molecule has 0 atom stereocenters. The van der Waals surface area contributed by atoms with Gasteiger partial charge in [-0.3, -0.25) is 0 Å². The number of nitrogens with one attached hydrogen (secondary N) is 1. The summed E-state index contributed by atoms with van der Waals surface area (Å²) in [5.74, 6) is -0.872. The first-order chi connectivity index (χ1) is 5.63. The van der Waals surface area contributed by atoms with Crippen LogP contribution in [0.3, 0.4) is 0 Å². The molecule has 0 aliphatic heterocycles. The Bertz CT molecular complexity index is 207. The summed E-state index contributed by atoms with van der Waals surface area (Å²) in [6.07, 6.45) is 2.40. The van der Waals surface area contributed by atoms with Crippen molar-refractivity contribution in [3.05, 3.63) is 23.9 Å². The largest absolute Gasteiger partial charge is 0.478 e. The van der Waals surface area contributed by atoms with E-state index in [4.69, 9.17) is 5.11 Å². The molecule has 0 aliphatic carbocycles. The van der Waals surface area contributed by atoms with E-state index in [1.807, 2.05) is 6.92 Å². The smallest absolute Gasteiger partial charge is 0.333 e. The van der Waals surface area contributed by atoms with Crippen LogP contribution in [0.1, 0.15) is 20.3 Å². The number of carbonyl (C=O) groups is 1. The van der Waals surface area contributed by atoms with Crippen LogP contribution in [0, 0.1) is 0 Å². The highest BCUT2D eigenvalue weighted by Gasteiger charge is 2.05. The van der Waals surface area contributed by atoms with Crippen LogP contribution >= 0.6 is 0 Å². The van der Waals surface area contributed by atoms with Crippen molar-refractivity contribution in [2.75, 3.05) is 6.54 Å². The van der Waals surface area contributed by atoms with Gasteiger partial charge >= 0.3 is 5.97 Å². The van der Waals surface area contributed by atoms with Crippen molar-refractivity contribution < 1.29 is 9.90 Å². The Morgan fingerprint density at radius 3 is 2.58 bits per heavy atom. The van der Waals surface area contributed by atoms with Crippen molar-refractivity contribution in [3.8, 4) is 0 Å². The molecule has 0 bridgehead atoms. The second-order valence-electron chi connectivity index (χ2n) is 2.43. The lowest BCUT2D eigenvalue weighted by Gasteiger charge is -2.08. The van der Waals surface area contributed by atoms with Gasteiger partial charge < -0.3 is 10.4 Å². The van der Waals surface area contributed by atoms with Gasteiger partial charge in [0, 0.05) is 12.2 Å². The third-order valence-electron chi connectivity index (χ3n) is 1.59. The fraction of sp³-hybridized carbons (Fsp3) is 0.444. The topological polar surface area (TPSA) is 49.3 Å².